The molecule has 0 aliphatic rings. The number of aromatic nitrogens is 1. The number of benzene rings is 1. The smallest absolute Gasteiger partial charge is 0.150 e. The first-order valence-corrected chi connectivity index (χ1v) is 6.76. The maximum atomic E-state index is 5.07. The molecule has 2 aromatic heterocycles. The van der Waals surface area contributed by atoms with Crippen molar-refractivity contribution in [2.45, 2.75) is 19.5 Å². The van der Waals surface area contributed by atoms with Crippen molar-refractivity contribution in [1.29, 1.82) is 0 Å². The zero-order valence-electron chi connectivity index (χ0n) is 10.1. The van der Waals surface area contributed by atoms with Gasteiger partial charge in [0.2, 0.25) is 0 Å². The molecule has 1 N–H and O–H groups in total. The Kier molecular flexibility index (Phi) is 3.13. The van der Waals surface area contributed by atoms with Gasteiger partial charge in [0.05, 0.1) is 12.7 Å². The Morgan fingerprint density at radius 3 is 3.00 bits per heavy atom. The van der Waals surface area contributed by atoms with E-state index in [2.05, 4.69) is 47.7 Å². The predicted octanol–water partition coefficient (Wildman–Crippen LogP) is 3.74. The zero-order chi connectivity index (χ0) is 12.4. The molecular formula is C14H14N2OS. The lowest BCUT2D eigenvalue weighted by atomic mass is 10.2. The van der Waals surface area contributed by atoms with E-state index >= 15 is 0 Å². The second kappa shape index (κ2) is 4.92. The van der Waals surface area contributed by atoms with E-state index in [0.717, 1.165) is 5.76 Å². The molecule has 0 amide bonds. The van der Waals surface area contributed by atoms with E-state index in [0.29, 0.717) is 12.6 Å². The van der Waals surface area contributed by atoms with Crippen LogP contribution in [0.25, 0.3) is 10.1 Å². The van der Waals surface area contributed by atoms with Crippen LogP contribution in [-0.2, 0) is 6.54 Å². The molecule has 0 fully saturated rings. The monoisotopic (exact) mass is 258 g/mol. The molecule has 18 heavy (non-hydrogen) atoms. The van der Waals surface area contributed by atoms with Crippen LogP contribution in [0, 0.1) is 0 Å². The number of thiophene rings is 1. The summed E-state index contributed by atoms with van der Waals surface area (Å²) in [5.41, 5.74) is 0. The van der Waals surface area contributed by atoms with Crippen molar-refractivity contribution >= 4 is 21.4 Å². The summed E-state index contributed by atoms with van der Waals surface area (Å²) in [7, 11) is 0. The average Bonchev–Trinajstić information content (AvgIpc) is 3.04. The van der Waals surface area contributed by atoms with Crippen LogP contribution in [0.1, 0.15) is 23.6 Å². The van der Waals surface area contributed by atoms with Crippen molar-refractivity contribution in [3.63, 3.8) is 0 Å². The summed E-state index contributed by atoms with van der Waals surface area (Å²) >= 11 is 1.83. The Hall–Kier alpha value is -1.65. The fourth-order valence-corrected chi connectivity index (χ4v) is 2.99. The number of rotatable bonds is 4. The summed E-state index contributed by atoms with van der Waals surface area (Å²) in [5.74, 6) is 0.864. The van der Waals surface area contributed by atoms with E-state index in [1.165, 1.54) is 15.0 Å². The third-order valence-electron chi connectivity index (χ3n) is 2.95. The second-order valence-corrected chi connectivity index (χ2v) is 5.38. The van der Waals surface area contributed by atoms with Crippen LogP contribution in [0.5, 0.6) is 0 Å². The van der Waals surface area contributed by atoms with E-state index in [-0.39, 0.29) is 0 Å². The molecule has 0 radical (unpaired) electrons. The van der Waals surface area contributed by atoms with Crippen molar-refractivity contribution in [3.8, 4) is 0 Å². The van der Waals surface area contributed by atoms with Crippen molar-refractivity contribution < 1.29 is 4.52 Å². The molecule has 0 aliphatic heterocycles. The van der Waals surface area contributed by atoms with Crippen LogP contribution >= 0.6 is 11.3 Å². The van der Waals surface area contributed by atoms with Gasteiger partial charge in [-0.2, -0.15) is 0 Å². The molecule has 92 valence electrons. The minimum absolute atomic E-state index is 0.312. The van der Waals surface area contributed by atoms with Gasteiger partial charge in [0.1, 0.15) is 5.76 Å². The Morgan fingerprint density at radius 2 is 2.22 bits per heavy atom. The molecule has 1 atom stereocenters. The van der Waals surface area contributed by atoms with Crippen molar-refractivity contribution in [1.82, 2.24) is 10.5 Å². The van der Waals surface area contributed by atoms with Crippen LogP contribution in [0.2, 0.25) is 0 Å². The van der Waals surface area contributed by atoms with Crippen LogP contribution < -0.4 is 5.32 Å². The lowest BCUT2D eigenvalue weighted by Crippen LogP contribution is -2.16. The summed E-state index contributed by atoms with van der Waals surface area (Å²) in [5, 5.41) is 8.45. The summed E-state index contributed by atoms with van der Waals surface area (Å²) < 4.78 is 6.40. The number of nitrogens with zero attached hydrogens (tertiary/aromatic N) is 1. The van der Waals surface area contributed by atoms with E-state index in [4.69, 9.17) is 4.52 Å². The molecule has 3 aromatic rings. The maximum Gasteiger partial charge on any atom is 0.150 e. The minimum Gasteiger partial charge on any atom is -0.360 e. The molecule has 3 nitrogen and oxygen atoms in total. The topological polar surface area (TPSA) is 38.1 Å². The molecule has 4 heteroatoms. The molecule has 0 saturated heterocycles. The highest BCUT2D eigenvalue weighted by Crippen LogP contribution is 2.29. The Bertz CT molecular complexity index is 597. The van der Waals surface area contributed by atoms with Gasteiger partial charge in [-0.15, -0.1) is 11.3 Å². The van der Waals surface area contributed by atoms with E-state index in [1.807, 2.05) is 17.4 Å². The number of nitrogens with one attached hydrogen (secondary N) is 1. The Labute approximate surface area is 109 Å². The molecule has 0 saturated carbocycles. The SMILES string of the molecule is CC(NCc1ccno1)c1cc2ccccc2s1. The molecular weight excluding hydrogens is 244 g/mol. The van der Waals surface area contributed by atoms with Gasteiger partial charge in [0.15, 0.2) is 0 Å². The fraction of sp³-hybridized carbons (Fsp3) is 0.214. The lowest BCUT2D eigenvalue weighted by Gasteiger charge is -2.09. The molecule has 2 heterocycles. The van der Waals surface area contributed by atoms with Gasteiger partial charge in [0, 0.05) is 21.7 Å². The van der Waals surface area contributed by atoms with Crippen LogP contribution in [0.3, 0.4) is 0 Å². The summed E-state index contributed by atoms with van der Waals surface area (Å²) in [6.07, 6.45) is 1.67. The standard InChI is InChI=1S/C14H14N2OS/c1-10(15-9-12-6-7-16-17-12)14-8-11-4-2-3-5-13(11)18-14/h2-8,10,15H,9H2,1H3. The summed E-state index contributed by atoms with van der Waals surface area (Å²) in [4.78, 5) is 1.34. The number of hydrogen-bond acceptors (Lipinski definition) is 4. The van der Waals surface area contributed by atoms with Gasteiger partial charge >= 0.3 is 0 Å². The molecule has 0 aliphatic carbocycles. The van der Waals surface area contributed by atoms with Gasteiger partial charge in [-0.05, 0) is 24.4 Å². The predicted molar refractivity (Wildman–Crippen MR) is 73.6 cm³/mol. The van der Waals surface area contributed by atoms with E-state index in [9.17, 15) is 0 Å². The molecule has 0 spiro atoms. The molecule has 1 unspecified atom stereocenters. The second-order valence-electron chi connectivity index (χ2n) is 4.27. The van der Waals surface area contributed by atoms with E-state index in [1.54, 1.807) is 6.20 Å². The quantitative estimate of drug-likeness (QED) is 0.774. The van der Waals surface area contributed by atoms with Crippen molar-refractivity contribution in [2.24, 2.45) is 0 Å². The zero-order valence-corrected chi connectivity index (χ0v) is 10.9. The highest BCUT2D eigenvalue weighted by Gasteiger charge is 2.09. The van der Waals surface area contributed by atoms with Crippen molar-refractivity contribution in [2.75, 3.05) is 0 Å². The Morgan fingerprint density at radius 1 is 1.33 bits per heavy atom. The van der Waals surface area contributed by atoms with E-state index < -0.39 is 0 Å². The maximum absolute atomic E-state index is 5.07. The van der Waals surface area contributed by atoms with Crippen LogP contribution in [0.4, 0.5) is 0 Å². The fourth-order valence-electron chi connectivity index (χ4n) is 1.90. The van der Waals surface area contributed by atoms with Gasteiger partial charge in [-0.3, -0.25) is 0 Å². The normalized spacial score (nSPS) is 12.9. The first kappa shape index (κ1) is 11.4. The lowest BCUT2D eigenvalue weighted by molar-refractivity contribution is 0.366. The molecule has 3 rings (SSSR count). The minimum atomic E-state index is 0.312. The summed E-state index contributed by atoms with van der Waals surface area (Å²) in [6, 6.07) is 12.9. The van der Waals surface area contributed by atoms with Crippen LogP contribution in [0.15, 0.2) is 47.1 Å². The molecule has 1 aromatic carbocycles. The van der Waals surface area contributed by atoms with Gasteiger partial charge in [-0.25, -0.2) is 0 Å². The van der Waals surface area contributed by atoms with Gasteiger partial charge in [0.25, 0.3) is 0 Å². The Balaban J connectivity index is 1.73. The number of fused-ring (bicyclic) bond motifs is 1. The molecule has 0 bridgehead atoms. The first-order chi connectivity index (χ1) is 8.83. The highest BCUT2D eigenvalue weighted by atomic mass is 32.1. The first-order valence-electron chi connectivity index (χ1n) is 5.94. The summed E-state index contributed by atoms with van der Waals surface area (Å²) in [6.45, 7) is 2.87. The largest absolute Gasteiger partial charge is 0.360 e. The highest BCUT2D eigenvalue weighted by molar-refractivity contribution is 7.19. The average molecular weight is 258 g/mol. The number of hydrogen-bond donors (Lipinski definition) is 1. The van der Waals surface area contributed by atoms with Gasteiger partial charge < -0.3 is 9.84 Å². The van der Waals surface area contributed by atoms with Crippen molar-refractivity contribution in [3.05, 3.63) is 53.2 Å². The van der Waals surface area contributed by atoms with Crippen LogP contribution in [-0.4, -0.2) is 5.16 Å². The third kappa shape index (κ3) is 2.30. The third-order valence-corrected chi connectivity index (χ3v) is 4.24. The van der Waals surface area contributed by atoms with Gasteiger partial charge in [-0.1, -0.05) is 23.4 Å².